The van der Waals surface area contributed by atoms with Crippen molar-refractivity contribution < 1.29 is 8.78 Å². The second-order valence-corrected chi connectivity index (χ2v) is 18.0. The normalized spacial score (nSPS) is 19.3. The Balaban J connectivity index is 0.851. The van der Waals surface area contributed by atoms with Gasteiger partial charge in [0.05, 0.1) is 22.9 Å². The number of nitrogens with zero attached hydrogens (tertiary/aromatic N) is 4. The summed E-state index contributed by atoms with van der Waals surface area (Å²) in [5, 5.41) is 3.60. The van der Waals surface area contributed by atoms with Gasteiger partial charge in [-0.15, -0.1) is 0 Å². The molecule has 8 aromatic rings. The smallest absolute Gasteiger partial charge is 0.122 e. The Morgan fingerprint density at radius 1 is 0.545 bits per heavy atom. The molecular formula is C60H50F2N4. The molecular weight excluding hydrogens is 815 g/mol. The van der Waals surface area contributed by atoms with Crippen LogP contribution in [-0.4, -0.2) is 21.3 Å². The molecule has 66 heavy (non-hydrogen) atoms. The zero-order valence-corrected chi connectivity index (χ0v) is 36.8. The van der Waals surface area contributed by atoms with Crippen LogP contribution >= 0.6 is 0 Å². The topological polar surface area (TPSA) is 16.3 Å². The number of para-hydroxylation sites is 4. The van der Waals surface area contributed by atoms with E-state index in [9.17, 15) is 8.78 Å². The Bertz CT molecular complexity index is 3330. The van der Waals surface area contributed by atoms with Crippen molar-refractivity contribution in [3.05, 3.63) is 223 Å². The summed E-state index contributed by atoms with van der Waals surface area (Å²) in [5.41, 5.74) is 15.3. The zero-order chi connectivity index (χ0) is 44.1. The van der Waals surface area contributed by atoms with Crippen LogP contribution in [0.15, 0.2) is 206 Å². The van der Waals surface area contributed by atoms with Crippen LogP contribution in [0.5, 0.6) is 0 Å². The molecule has 12 rings (SSSR count). The van der Waals surface area contributed by atoms with Crippen molar-refractivity contribution >= 4 is 72.8 Å². The summed E-state index contributed by atoms with van der Waals surface area (Å²) in [4.78, 5) is 4.88. The van der Waals surface area contributed by atoms with Crippen molar-refractivity contribution in [3.8, 4) is 0 Å². The van der Waals surface area contributed by atoms with Gasteiger partial charge in [-0.25, -0.2) is 8.78 Å². The lowest BCUT2D eigenvalue weighted by Crippen LogP contribution is -2.34. The first-order valence-electron chi connectivity index (χ1n) is 23.5. The average Bonchev–Trinajstić information content (AvgIpc) is 3.88. The van der Waals surface area contributed by atoms with Gasteiger partial charge in [0.1, 0.15) is 6.17 Å². The van der Waals surface area contributed by atoms with Crippen molar-refractivity contribution in [2.45, 2.75) is 63.2 Å². The highest BCUT2D eigenvalue weighted by atomic mass is 19.1. The van der Waals surface area contributed by atoms with Crippen LogP contribution < -0.4 is 9.80 Å². The number of alkyl halides is 1. The molecule has 6 aromatic carbocycles. The molecule has 0 saturated carbocycles. The van der Waals surface area contributed by atoms with Crippen LogP contribution in [0, 0.1) is 0 Å². The Kier molecular flexibility index (Phi) is 10.2. The number of allylic oxidation sites excluding steroid dienone is 9. The maximum absolute atomic E-state index is 14.2. The van der Waals surface area contributed by atoms with Crippen LogP contribution in [0.25, 0.3) is 50.1 Å². The Morgan fingerprint density at radius 2 is 1.24 bits per heavy atom. The minimum Gasteiger partial charge on any atom is -0.341 e. The van der Waals surface area contributed by atoms with E-state index in [2.05, 4.69) is 195 Å². The molecule has 6 heteroatoms. The fraction of sp³-hybridized carbons (Fsp3) is 0.167. The van der Waals surface area contributed by atoms with Crippen molar-refractivity contribution in [1.29, 1.82) is 0 Å². The number of hydrogen-bond donors (Lipinski definition) is 0. The van der Waals surface area contributed by atoms with E-state index in [1.807, 2.05) is 12.2 Å². The van der Waals surface area contributed by atoms with Gasteiger partial charge in [-0.2, -0.15) is 0 Å². The summed E-state index contributed by atoms with van der Waals surface area (Å²) < 4.78 is 33.1. The summed E-state index contributed by atoms with van der Waals surface area (Å²) in [5.74, 6) is 0.0271. The molecule has 0 spiro atoms. The highest BCUT2D eigenvalue weighted by Gasteiger charge is 2.30. The van der Waals surface area contributed by atoms with Crippen LogP contribution in [0.4, 0.5) is 31.5 Å². The number of benzene rings is 6. The molecule has 0 N–H and O–H groups in total. The number of anilines is 4. The van der Waals surface area contributed by atoms with Gasteiger partial charge in [-0.1, -0.05) is 115 Å². The Hall–Kier alpha value is -7.44. The minimum absolute atomic E-state index is 0.0271. The van der Waals surface area contributed by atoms with E-state index in [0.717, 1.165) is 76.7 Å². The number of hydrogen-bond acceptors (Lipinski definition) is 2. The zero-order valence-electron chi connectivity index (χ0n) is 36.8. The fourth-order valence-corrected chi connectivity index (χ4v) is 11.0. The van der Waals surface area contributed by atoms with Crippen LogP contribution in [0.2, 0.25) is 0 Å². The van der Waals surface area contributed by atoms with Crippen LogP contribution in [-0.2, 0) is 6.42 Å². The molecule has 2 aromatic heterocycles. The average molecular weight is 865 g/mol. The molecule has 324 valence electrons. The number of halogens is 2. The predicted octanol–water partition coefficient (Wildman–Crippen LogP) is 16.1. The highest BCUT2D eigenvalue weighted by Crippen LogP contribution is 2.44. The number of rotatable bonds is 9. The first-order chi connectivity index (χ1) is 32.6. The molecule has 0 radical (unpaired) electrons. The van der Waals surface area contributed by atoms with Crippen molar-refractivity contribution in [3.63, 3.8) is 0 Å². The van der Waals surface area contributed by atoms with Crippen molar-refractivity contribution in [2.75, 3.05) is 9.80 Å². The molecule has 4 aliphatic rings. The summed E-state index contributed by atoms with van der Waals surface area (Å²) >= 11 is 0. The molecule has 0 fully saturated rings. The fourth-order valence-electron chi connectivity index (χ4n) is 11.0. The van der Waals surface area contributed by atoms with Crippen LogP contribution in [0.3, 0.4) is 0 Å². The number of fused-ring (bicyclic) bond motifs is 6. The molecule has 4 aliphatic carbocycles. The van der Waals surface area contributed by atoms with Gasteiger partial charge in [0.2, 0.25) is 0 Å². The Labute approximate surface area is 384 Å². The maximum Gasteiger partial charge on any atom is 0.122 e. The quantitative estimate of drug-likeness (QED) is 0.144. The molecule has 0 amide bonds. The molecule has 3 atom stereocenters. The lowest BCUT2D eigenvalue weighted by Gasteiger charge is -2.37. The summed E-state index contributed by atoms with van der Waals surface area (Å²) in [6.07, 6.45) is 21.2. The van der Waals surface area contributed by atoms with Gasteiger partial charge >= 0.3 is 0 Å². The second-order valence-electron chi connectivity index (χ2n) is 18.0. The van der Waals surface area contributed by atoms with Gasteiger partial charge in [0, 0.05) is 86.0 Å². The summed E-state index contributed by atoms with van der Waals surface area (Å²) in [7, 11) is 0. The highest BCUT2D eigenvalue weighted by molar-refractivity contribution is 6.12. The van der Waals surface area contributed by atoms with E-state index < -0.39 is 6.17 Å². The maximum atomic E-state index is 14.2. The minimum atomic E-state index is -0.943. The Morgan fingerprint density at radius 3 is 1.97 bits per heavy atom. The third-order valence-electron chi connectivity index (χ3n) is 14.1. The van der Waals surface area contributed by atoms with Gasteiger partial charge in [0.15, 0.2) is 0 Å². The van der Waals surface area contributed by atoms with E-state index in [-0.39, 0.29) is 17.9 Å². The van der Waals surface area contributed by atoms with Crippen LogP contribution in [0.1, 0.15) is 61.4 Å². The first-order valence-corrected chi connectivity index (χ1v) is 23.5. The standard InChI is InChI=1S/C60H50F2N4/c61-43-23-31-49(32-24-43)65-57-17-9-7-15-53(57)55-39-51(35-37-59(55)65)63(45-11-3-1-4-12-45)47-27-19-41(20-28-47)42-21-29-48(30-22-42)64(46-13-5-2-6-14-46)52-36-38-60-56(40-52)54-16-8-10-18-58(54)66(60)50-33-25-44(62)26-34-50/h1-23,25,27-29,31-32,35,37,39-40,43,48,50H,24,26,30,33-34,36,38H2. The van der Waals surface area contributed by atoms with Crippen molar-refractivity contribution in [2.24, 2.45) is 0 Å². The van der Waals surface area contributed by atoms with Gasteiger partial charge in [-0.05, 0) is 128 Å². The summed E-state index contributed by atoms with van der Waals surface area (Å²) in [6, 6.07) is 54.8. The lowest BCUT2D eigenvalue weighted by molar-refractivity contribution is 0.402. The predicted molar refractivity (Wildman–Crippen MR) is 272 cm³/mol. The van der Waals surface area contributed by atoms with E-state index in [0.29, 0.717) is 12.8 Å². The molecule has 0 saturated heterocycles. The van der Waals surface area contributed by atoms with Gasteiger partial charge < -0.3 is 18.9 Å². The monoisotopic (exact) mass is 864 g/mol. The molecule has 4 nitrogen and oxygen atoms in total. The van der Waals surface area contributed by atoms with E-state index >= 15 is 0 Å². The molecule has 0 bridgehead atoms. The van der Waals surface area contributed by atoms with E-state index in [1.54, 1.807) is 12.2 Å². The van der Waals surface area contributed by atoms with E-state index in [4.69, 9.17) is 0 Å². The van der Waals surface area contributed by atoms with Gasteiger partial charge in [0.25, 0.3) is 0 Å². The second kappa shape index (κ2) is 16.8. The third kappa shape index (κ3) is 7.12. The largest absolute Gasteiger partial charge is 0.341 e. The lowest BCUT2D eigenvalue weighted by atomic mass is 9.93. The van der Waals surface area contributed by atoms with Gasteiger partial charge in [-0.3, -0.25) is 0 Å². The summed E-state index contributed by atoms with van der Waals surface area (Å²) in [6.45, 7) is 0. The molecule has 0 aliphatic heterocycles. The molecule has 3 unspecified atom stereocenters. The van der Waals surface area contributed by atoms with Crippen molar-refractivity contribution in [1.82, 2.24) is 9.13 Å². The first kappa shape index (κ1) is 40.1. The van der Waals surface area contributed by atoms with E-state index in [1.165, 1.54) is 44.7 Å². The third-order valence-corrected chi connectivity index (χ3v) is 14.1. The SMILES string of the molecule is FC1=CCC(n2c3c(c4ccccc42)C=C(N(c2ccccc2)C2C=CC(c4ccc(N(c5ccccc5)c5ccc6c(c5)c5ccccc5n6C5=CCC(F)C=C5)cc4)=CC2)CC3)CC1. The number of aromatic nitrogens is 2. The molecule has 2 heterocycles.